The zero-order chi connectivity index (χ0) is 11.5. The zero-order valence-electron chi connectivity index (χ0n) is 8.70. The molecule has 0 aliphatic heterocycles. The molecule has 0 aliphatic rings. The molecule has 0 aromatic heterocycles. The van der Waals surface area contributed by atoms with Crippen molar-refractivity contribution < 1.29 is 10.2 Å². The van der Waals surface area contributed by atoms with Gasteiger partial charge in [-0.1, -0.05) is 0 Å². The van der Waals surface area contributed by atoms with Gasteiger partial charge in [-0.15, -0.1) is 0 Å². The molecule has 5 nitrogen and oxygen atoms in total. The molecule has 0 aliphatic carbocycles. The molecule has 0 saturated carbocycles. The fraction of sp³-hybridized carbons (Fsp3) is 0.400. The summed E-state index contributed by atoms with van der Waals surface area (Å²) in [5, 5.41) is 21.2. The van der Waals surface area contributed by atoms with Gasteiger partial charge in [-0.05, 0) is 25.1 Å². The van der Waals surface area contributed by atoms with E-state index in [4.69, 9.17) is 21.7 Å². The molecule has 0 saturated heterocycles. The fourth-order valence-electron chi connectivity index (χ4n) is 1.13. The Morgan fingerprint density at radius 1 is 1.20 bits per heavy atom. The van der Waals surface area contributed by atoms with Gasteiger partial charge in [-0.2, -0.15) is 0 Å². The fourth-order valence-corrected chi connectivity index (χ4v) is 1.13. The molecule has 7 N–H and O–H groups in total. The van der Waals surface area contributed by atoms with Crippen LogP contribution in [0.25, 0.3) is 0 Å². The number of nitrogens with two attached hydrogens (primary N) is 2. The van der Waals surface area contributed by atoms with Crippen molar-refractivity contribution in [1.82, 2.24) is 0 Å². The van der Waals surface area contributed by atoms with Crippen molar-refractivity contribution in [2.75, 3.05) is 30.0 Å². The summed E-state index contributed by atoms with van der Waals surface area (Å²) in [6, 6.07) is 5.08. The molecule has 0 heterocycles. The monoisotopic (exact) mass is 211 g/mol. The highest BCUT2D eigenvalue weighted by Crippen LogP contribution is 2.22. The number of hydrogen-bond donors (Lipinski definition) is 5. The molecule has 5 heteroatoms. The molecule has 0 atom stereocenters. The van der Waals surface area contributed by atoms with Gasteiger partial charge in [-0.25, -0.2) is 0 Å². The largest absolute Gasteiger partial charge is 0.397 e. The second-order valence-corrected chi connectivity index (χ2v) is 3.85. The quantitative estimate of drug-likeness (QED) is 0.451. The molecule has 84 valence electrons. The SMILES string of the molecule is CC(CO)(CO)Nc1ccc(N)c(N)c1. The minimum absolute atomic E-state index is 0.173. The van der Waals surface area contributed by atoms with E-state index >= 15 is 0 Å². The van der Waals surface area contributed by atoms with E-state index in [1.807, 2.05) is 0 Å². The van der Waals surface area contributed by atoms with Gasteiger partial charge >= 0.3 is 0 Å². The summed E-state index contributed by atoms with van der Waals surface area (Å²) in [6.45, 7) is 1.36. The van der Waals surface area contributed by atoms with Crippen LogP contribution in [-0.4, -0.2) is 29.0 Å². The Kier molecular flexibility index (Phi) is 3.39. The van der Waals surface area contributed by atoms with Crippen LogP contribution in [0.5, 0.6) is 0 Å². The molecule has 0 fully saturated rings. The molecule has 0 spiro atoms. The van der Waals surface area contributed by atoms with Crippen molar-refractivity contribution in [1.29, 1.82) is 0 Å². The normalized spacial score (nSPS) is 11.4. The van der Waals surface area contributed by atoms with Crippen molar-refractivity contribution in [3.05, 3.63) is 18.2 Å². The topological polar surface area (TPSA) is 105 Å². The van der Waals surface area contributed by atoms with E-state index < -0.39 is 5.54 Å². The van der Waals surface area contributed by atoms with E-state index in [0.717, 1.165) is 0 Å². The summed E-state index contributed by atoms with van der Waals surface area (Å²) in [4.78, 5) is 0. The Hall–Kier alpha value is -1.46. The van der Waals surface area contributed by atoms with Crippen LogP contribution in [0.1, 0.15) is 6.92 Å². The molecule has 1 rings (SSSR count). The van der Waals surface area contributed by atoms with Crippen LogP contribution in [0.4, 0.5) is 17.1 Å². The van der Waals surface area contributed by atoms with Gasteiger partial charge in [0.1, 0.15) is 0 Å². The maximum atomic E-state index is 9.09. The highest BCUT2D eigenvalue weighted by molar-refractivity contribution is 5.69. The predicted molar refractivity (Wildman–Crippen MR) is 61.5 cm³/mol. The minimum Gasteiger partial charge on any atom is -0.397 e. The number of benzene rings is 1. The smallest absolute Gasteiger partial charge is 0.0806 e. The second-order valence-electron chi connectivity index (χ2n) is 3.85. The number of rotatable bonds is 4. The summed E-state index contributed by atoms with van der Waals surface area (Å²) < 4.78 is 0. The van der Waals surface area contributed by atoms with Gasteiger partial charge in [0, 0.05) is 5.69 Å². The molecule has 1 aromatic rings. The van der Waals surface area contributed by atoms with E-state index in [2.05, 4.69) is 5.32 Å². The lowest BCUT2D eigenvalue weighted by atomic mass is 10.0. The highest BCUT2D eigenvalue weighted by atomic mass is 16.3. The average Bonchev–Trinajstić information content (AvgIpc) is 2.23. The third kappa shape index (κ3) is 2.74. The number of aliphatic hydroxyl groups is 2. The maximum Gasteiger partial charge on any atom is 0.0806 e. The molecule has 0 radical (unpaired) electrons. The Labute approximate surface area is 88.7 Å². The maximum absolute atomic E-state index is 9.09. The summed E-state index contributed by atoms with van der Waals surface area (Å²) in [7, 11) is 0. The van der Waals surface area contributed by atoms with Crippen molar-refractivity contribution in [2.45, 2.75) is 12.5 Å². The average molecular weight is 211 g/mol. The number of hydrogen-bond acceptors (Lipinski definition) is 5. The summed E-state index contributed by atoms with van der Waals surface area (Å²) in [6.07, 6.45) is 0. The third-order valence-electron chi connectivity index (χ3n) is 2.23. The van der Waals surface area contributed by atoms with Crippen molar-refractivity contribution in [2.24, 2.45) is 0 Å². The van der Waals surface area contributed by atoms with Gasteiger partial charge in [0.25, 0.3) is 0 Å². The van der Waals surface area contributed by atoms with Crippen LogP contribution in [0.3, 0.4) is 0 Å². The zero-order valence-corrected chi connectivity index (χ0v) is 8.70. The van der Waals surface area contributed by atoms with Crippen molar-refractivity contribution in [3.63, 3.8) is 0 Å². The first-order chi connectivity index (χ1) is 7.00. The first kappa shape index (κ1) is 11.6. The molecular formula is C10H17N3O2. The van der Waals surface area contributed by atoms with E-state index in [9.17, 15) is 0 Å². The van der Waals surface area contributed by atoms with Gasteiger partial charge in [0.15, 0.2) is 0 Å². The first-order valence-corrected chi connectivity index (χ1v) is 4.65. The van der Waals surface area contributed by atoms with E-state index in [-0.39, 0.29) is 13.2 Å². The Balaban J connectivity index is 2.85. The molecular weight excluding hydrogens is 194 g/mol. The Morgan fingerprint density at radius 2 is 1.80 bits per heavy atom. The van der Waals surface area contributed by atoms with Crippen LogP contribution in [0.15, 0.2) is 18.2 Å². The standard InChI is InChI=1S/C10H17N3O2/c1-10(5-14,6-15)13-7-2-3-8(11)9(12)4-7/h2-4,13-15H,5-6,11-12H2,1H3. The second kappa shape index (κ2) is 4.37. The highest BCUT2D eigenvalue weighted by Gasteiger charge is 2.21. The summed E-state index contributed by atoms with van der Waals surface area (Å²) in [5.41, 5.74) is 12.1. The molecule has 0 amide bonds. The molecule has 0 bridgehead atoms. The molecule has 15 heavy (non-hydrogen) atoms. The van der Waals surface area contributed by atoms with E-state index in [1.165, 1.54) is 0 Å². The lowest BCUT2D eigenvalue weighted by Crippen LogP contribution is -2.42. The Morgan fingerprint density at radius 3 is 2.27 bits per heavy atom. The van der Waals surface area contributed by atoms with E-state index in [1.54, 1.807) is 25.1 Å². The number of nitrogens with one attached hydrogen (secondary N) is 1. The van der Waals surface area contributed by atoms with Gasteiger partial charge in [-0.3, -0.25) is 0 Å². The number of nitrogen functional groups attached to an aromatic ring is 2. The summed E-state index contributed by atoms with van der Waals surface area (Å²) >= 11 is 0. The van der Waals surface area contributed by atoms with Crippen LogP contribution in [0, 0.1) is 0 Å². The van der Waals surface area contributed by atoms with Gasteiger partial charge < -0.3 is 27.0 Å². The van der Waals surface area contributed by atoms with Crippen molar-refractivity contribution >= 4 is 17.1 Å². The lowest BCUT2D eigenvalue weighted by molar-refractivity contribution is 0.147. The Bertz CT molecular complexity index is 337. The van der Waals surface area contributed by atoms with Crippen LogP contribution < -0.4 is 16.8 Å². The first-order valence-electron chi connectivity index (χ1n) is 4.65. The van der Waals surface area contributed by atoms with Crippen LogP contribution in [0.2, 0.25) is 0 Å². The van der Waals surface area contributed by atoms with Crippen molar-refractivity contribution in [3.8, 4) is 0 Å². The van der Waals surface area contributed by atoms with E-state index in [0.29, 0.717) is 17.1 Å². The van der Waals surface area contributed by atoms with Crippen LogP contribution in [-0.2, 0) is 0 Å². The third-order valence-corrected chi connectivity index (χ3v) is 2.23. The number of anilines is 3. The lowest BCUT2D eigenvalue weighted by Gasteiger charge is -2.27. The predicted octanol–water partition coefficient (Wildman–Crippen LogP) is 0.00620. The number of aliphatic hydroxyl groups excluding tert-OH is 2. The van der Waals surface area contributed by atoms with Crippen LogP contribution >= 0.6 is 0 Å². The molecule has 0 unspecified atom stereocenters. The molecule has 1 aromatic carbocycles. The van der Waals surface area contributed by atoms with Gasteiger partial charge in [0.2, 0.25) is 0 Å². The minimum atomic E-state index is -0.761. The van der Waals surface area contributed by atoms with Gasteiger partial charge in [0.05, 0.1) is 30.1 Å². The summed E-state index contributed by atoms with van der Waals surface area (Å²) in [5.74, 6) is 0.